The first-order chi connectivity index (χ1) is 9.16. The Morgan fingerprint density at radius 3 is 3.26 bits per heavy atom. The van der Waals surface area contributed by atoms with Gasteiger partial charge in [0.05, 0.1) is 6.10 Å². The number of carbonyl (C=O) groups excluding carboxylic acids is 1. The summed E-state index contributed by atoms with van der Waals surface area (Å²) in [6.45, 7) is 6.32. The molecule has 1 aromatic rings. The molecule has 0 saturated carbocycles. The largest absolute Gasteiger partial charge is 0.379 e. The minimum atomic E-state index is 0.0703. The number of hydrogen-bond donors (Lipinski definition) is 1. The first-order valence-corrected chi connectivity index (χ1v) is 7.06. The van der Waals surface area contributed by atoms with Gasteiger partial charge in [-0.25, -0.2) is 4.98 Å². The number of imidazole rings is 1. The summed E-state index contributed by atoms with van der Waals surface area (Å²) >= 11 is 0. The van der Waals surface area contributed by atoms with Gasteiger partial charge in [0.25, 0.3) is 0 Å². The molecule has 5 heteroatoms. The number of fused-ring (bicyclic) bond motifs is 1. The van der Waals surface area contributed by atoms with Gasteiger partial charge in [-0.15, -0.1) is 0 Å². The molecule has 19 heavy (non-hydrogen) atoms. The normalized spacial score (nSPS) is 18.4. The van der Waals surface area contributed by atoms with Crippen LogP contribution in [0.4, 0.5) is 0 Å². The molecule has 0 saturated heterocycles. The molecule has 0 fully saturated rings. The Bertz CT molecular complexity index is 415. The van der Waals surface area contributed by atoms with Gasteiger partial charge in [-0.05, 0) is 26.7 Å². The van der Waals surface area contributed by atoms with Crippen molar-refractivity contribution in [1.82, 2.24) is 14.9 Å². The molecular formula is C14H23N3O2. The van der Waals surface area contributed by atoms with Gasteiger partial charge in [0.2, 0.25) is 5.91 Å². The summed E-state index contributed by atoms with van der Waals surface area (Å²) in [7, 11) is 0. The van der Waals surface area contributed by atoms with Gasteiger partial charge in [0, 0.05) is 44.4 Å². The van der Waals surface area contributed by atoms with Crippen molar-refractivity contribution in [1.29, 1.82) is 0 Å². The van der Waals surface area contributed by atoms with E-state index >= 15 is 0 Å². The number of amides is 1. The van der Waals surface area contributed by atoms with E-state index in [0.29, 0.717) is 13.2 Å². The molecular weight excluding hydrogens is 242 g/mol. The molecule has 0 spiro atoms. The average molecular weight is 265 g/mol. The quantitative estimate of drug-likeness (QED) is 0.791. The maximum atomic E-state index is 12.0. The second kappa shape index (κ2) is 6.70. The Morgan fingerprint density at radius 2 is 2.47 bits per heavy atom. The SMILES string of the molecule is CC(C)OCCCNC(=O)C1CCn2ccnc2C1. The fraction of sp³-hybridized carbons (Fsp3) is 0.714. The second-order valence-corrected chi connectivity index (χ2v) is 5.29. The molecule has 0 aliphatic carbocycles. The van der Waals surface area contributed by atoms with Crippen molar-refractivity contribution in [2.45, 2.75) is 45.8 Å². The van der Waals surface area contributed by atoms with Crippen LogP contribution in [0.3, 0.4) is 0 Å². The molecule has 0 radical (unpaired) electrons. The molecule has 1 aromatic heterocycles. The van der Waals surface area contributed by atoms with Crippen molar-refractivity contribution in [2.75, 3.05) is 13.2 Å². The summed E-state index contributed by atoms with van der Waals surface area (Å²) in [5.41, 5.74) is 0. The molecule has 1 unspecified atom stereocenters. The van der Waals surface area contributed by atoms with Crippen LogP contribution in [0.5, 0.6) is 0 Å². The van der Waals surface area contributed by atoms with Crippen LogP contribution < -0.4 is 5.32 Å². The number of nitrogens with one attached hydrogen (secondary N) is 1. The Kier molecular flexibility index (Phi) is 4.96. The number of rotatable bonds is 6. The number of carbonyl (C=O) groups is 1. The lowest BCUT2D eigenvalue weighted by atomic mass is 9.97. The van der Waals surface area contributed by atoms with Crippen molar-refractivity contribution in [3.63, 3.8) is 0 Å². The number of aromatic nitrogens is 2. The van der Waals surface area contributed by atoms with E-state index in [4.69, 9.17) is 4.74 Å². The molecule has 2 heterocycles. The van der Waals surface area contributed by atoms with Crippen molar-refractivity contribution in [3.05, 3.63) is 18.2 Å². The summed E-state index contributed by atoms with van der Waals surface area (Å²) < 4.78 is 7.57. The van der Waals surface area contributed by atoms with Crippen LogP contribution >= 0.6 is 0 Å². The first kappa shape index (κ1) is 14.1. The van der Waals surface area contributed by atoms with Crippen LogP contribution in [-0.4, -0.2) is 34.7 Å². The molecule has 1 amide bonds. The maximum absolute atomic E-state index is 12.0. The summed E-state index contributed by atoms with van der Waals surface area (Å²) in [5, 5.41) is 2.99. The van der Waals surface area contributed by atoms with E-state index in [0.717, 1.165) is 31.6 Å². The van der Waals surface area contributed by atoms with Crippen molar-refractivity contribution < 1.29 is 9.53 Å². The van der Waals surface area contributed by atoms with Crippen LogP contribution in [0.2, 0.25) is 0 Å². The summed E-state index contributed by atoms with van der Waals surface area (Å²) in [4.78, 5) is 16.3. The number of hydrogen-bond acceptors (Lipinski definition) is 3. The van der Waals surface area contributed by atoms with Gasteiger partial charge in [0.1, 0.15) is 5.82 Å². The summed E-state index contributed by atoms with van der Waals surface area (Å²) in [6, 6.07) is 0. The minimum Gasteiger partial charge on any atom is -0.379 e. The average Bonchev–Trinajstić information content (AvgIpc) is 2.84. The zero-order chi connectivity index (χ0) is 13.7. The Balaban J connectivity index is 1.67. The highest BCUT2D eigenvalue weighted by molar-refractivity contribution is 5.78. The fourth-order valence-electron chi connectivity index (χ4n) is 2.32. The van der Waals surface area contributed by atoms with Gasteiger partial charge >= 0.3 is 0 Å². The van der Waals surface area contributed by atoms with Gasteiger partial charge in [-0.3, -0.25) is 4.79 Å². The summed E-state index contributed by atoms with van der Waals surface area (Å²) in [6.07, 6.45) is 6.56. The number of aryl methyl sites for hydroxylation is 1. The van der Waals surface area contributed by atoms with Gasteiger partial charge in [-0.2, -0.15) is 0 Å². The number of nitrogens with zero attached hydrogens (tertiary/aromatic N) is 2. The molecule has 1 aliphatic heterocycles. The van der Waals surface area contributed by atoms with Gasteiger partial charge in [0.15, 0.2) is 0 Å². The molecule has 1 aliphatic rings. The Labute approximate surface area is 114 Å². The highest BCUT2D eigenvalue weighted by Gasteiger charge is 2.24. The van der Waals surface area contributed by atoms with Crippen LogP contribution in [0.15, 0.2) is 12.4 Å². The molecule has 0 aromatic carbocycles. The molecule has 0 bridgehead atoms. The number of ether oxygens (including phenoxy) is 1. The Morgan fingerprint density at radius 1 is 1.63 bits per heavy atom. The molecule has 1 N–H and O–H groups in total. The monoisotopic (exact) mass is 265 g/mol. The van der Waals surface area contributed by atoms with E-state index < -0.39 is 0 Å². The zero-order valence-corrected chi connectivity index (χ0v) is 11.8. The van der Waals surface area contributed by atoms with E-state index in [1.165, 1.54) is 0 Å². The standard InChI is InChI=1S/C14H23N3O2/c1-11(2)19-9-3-5-16-14(18)12-4-7-17-8-6-15-13(17)10-12/h6,8,11-12H,3-5,7,9-10H2,1-2H3,(H,16,18). The lowest BCUT2D eigenvalue weighted by molar-refractivity contribution is -0.125. The van der Waals surface area contributed by atoms with Crippen molar-refractivity contribution in [3.8, 4) is 0 Å². The fourth-order valence-corrected chi connectivity index (χ4v) is 2.32. The molecule has 2 rings (SSSR count). The van der Waals surface area contributed by atoms with Crippen LogP contribution in [0.1, 0.15) is 32.5 Å². The van der Waals surface area contributed by atoms with Crippen molar-refractivity contribution in [2.24, 2.45) is 5.92 Å². The molecule has 106 valence electrons. The Hall–Kier alpha value is -1.36. The van der Waals surface area contributed by atoms with E-state index in [2.05, 4.69) is 14.9 Å². The second-order valence-electron chi connectivity index (χ2n) is 5.29. The highest BCUT2D eigenvalue weighted by Crippen LogP contribution is 2.18. The topological polar surface area (TPSA) is 56.1 Å². The van der Waals surface area contributed by atoms with Crippen LogP contribution in [-0.2, 0) is 22.5 Å². The third-order valence-corrected chi connectivity index (χ3v) is 3.39. The first-order valence-electron chi connectivity index (χ1n) is 7.06. The lowest BCUT2D eigenvalue weighted by Gasteiger charge is -2.22. The predicted molar refractivity (Wildman–Crippen MR) is 72.8 cm³/mol. The van der Waals surface area contributed by atoms with Crippen LogP contribution in [0, 0.1) is 5.92 Å². The lowest BCUT2D eigenvalue weighted by Crippen LogP contribution is -2.36. The predicted octanol–water partition coefficient (Wildman–Crippen LogP) is 1.38. The van der Waals surface area contributed by atoms with Crippen LogP contribution in [0.25, 0.3) is 0 Å². The van der Waals surface area contributed by atoms with E-state index in [1.54, 1.807) is 6.20 Å². The van der Waals surface area contributed by atoms with Crippen molar-refractivity contribution >= 4 is 5.91 Å². The van der Waals surface area contributed by atoms with Gasteiger partial charge in [-0.1, -0.05) is 0 Å². The molecule has 1 atom stereocenters. The highest BCUT2D eigenvalue weighted by atomic mass is 16.5. The third-order valence-electron chi connectivity index (χ3n) is 3.39. The maximum Gasteiger partial charge on any atom is 0.223 e. The summed E-state index contributed by atoms with van der Waals surface area (Å²) in [5.74, 6) is 1.24. The van der Waals surface area contributed by atoms with E-state index in [1.807, 2.05) is 20.0 Å². The smallest absolute Gasteiger partial charge is 0.223 e. The van der Waals surface area contributed by atoms with E-state index in [-0.39, 0.29) is 17.9 Å². The zero-order valence-electron chi connectivity index (χ0n) is 11.8. The molecule has 5 nitrogen and oxygen atoms in total. The van der Waals surface area contributed by atoms with E-state index in [9.17, 15) is 4.79 Å². The van der Waals surface area contributed by atoms with Gasteiger partial charge < -0.3 is 14.6 Å². The minimum absolute atomic E-state index is 0.0703. The third kappa shape index (κ3) is 4.06.